The fourth-order valence-corrected chi connectivity index (χ4v) is 3.96. The summed E-state index contributed by atoms with van der Waals surface area (Å²) in [5.41, 5.74) is 1.21. The van der Waals surface area contributed by atoms with E-state index >= 15 is 0 Å². The van der Waals surface area contributed by atoms with E-state index in [9.17, 15) is 0 Å². The Kier molecular flexibility index (Phi) is 7.02. The number of guanidine groups is 1. The average Bonchev–Trinajstić information content (AvgIpc) is 3.20. The Morgan fingerprint density at radius 1 is 1.25 bits per heavy atom. The summed E-state index contributed by atoms with van der Waals surface area (Å²) in [7, 11) is 3.57. The first kappa shape index (κ1) is 20.7. The Hall–Kier alpha value is -1.99. The van der Waals surface area contributed by atoms with Gasteiger partial charge in [0.2, 0.25) is 0 Å². The van der Waals surface area contributed by atoms with Gasteiger partial charge in [-0.2, -0.15) is 0 Å². The van der Waals surface area contributed by atoms with Crippen LogP contribution < -0.4 is 20.3 Å². The Bertz CT molecular complexity index is 658. The molecule has 0 saturated carbocycles. The van der Waals surface area contributed by atoms with E-state index in [1.54, 1.807) is 7.11 Å². The van der Waals surface area contributed by atoms with Crippen LogP contribution in [-0.4, -0.2) is 82.5 Å². The quantitative estimate of drug-likeness (QED) is 0.569. The molecule has 1 aromatic carbocycles. The lowest BCUT2D eigenvalue weighted by molar-refractivity contribution is -0.00834. The molecule has 156 valence electrons. The molecule has 2 N–H and O–H groups in total. The molecule has 0 bridgehead atoms. The van der Waals surface area contributed by atoms with Crippen molar-refractivity contribution in [3.8, 4) is 5.75 Å². The minimum absolute atomic E-state index is 0.0561. The number of methoxy groups -OCH3 is 1. The van der Waals surface area contributed by atoms with Gasteiger partial charge in [0.05, 0.1) is 26.0 Å². The highest BCUT2D eigenvalue weighted by Crippen LogP contribution is 2.30. The minimum Gasteiger partial charge on any atom is -0.495 e. The van der Waals surface area contributed by atoms with Crippen LogP contribution in [0.2, 0.25) is 0 Å². The van der Waals surface area contributed by atoms with Gasteiger partial charge in [0.15, 0.2) is 5.96 Å². The number of nitrogens with one attached hydrogen (secondary N) is 2. The van der Waals surface area contributed by atoms with Crippen molar-refractivity contribution in [1.29, 1.82) is 0 Å². The number of nitrogens with zero attached hydrogens (tertiary/aromatic N) is 3. The largest absolute Gasteiger partial charge is 0.495 e. The molecule has 0 spiro atoms. The molecule has 0 radical (unpaired) electrons. The van der Waals surface area contributed by atoms with Crippen LogP contribution in [0.4, 0.5) is 5.69 Å². The summed E-state index contributed by atoms with van der Waals surface area (Å²) in [5.74, 6) is 1.80. The lowest BCUT2D eigenvalue weighted by Crippen LogP contribution is -2.57. The van der Waals surface area contributed by atoms with Crippen LogP contribution >= 0.6 is 0 Å². The van der Waals surface area contributed by atoms with Gasteiger partial charge < -0.3 is 25.0 Å². The molecule has 7 nitrogen and oxygen atoms in total. The Labute approximate surface area is 169 Å². The standard InChI is InChI=1S/C21H35N5O2/c1-21(2,26-11-13-28-14-12-26)16-23-20(22-3)24-17-9-10-25(15-17)18-7-5-6-8-19(18)27-4/h5-8,17H,9-16H2,1-4H3,(H2,22,23,24). The molecular weight excluding hydrogens is 354 g/mol. The second-order valence-electron chi connectivity index (χ2n) is 8.09. The van der Waals surface area contributed by atoms with E-state index in [0.717, 1.165) is 69.8 Å². The van der Waals surface area contributed by atoms with Gasteiger partial charge in [-0.3, -0.25) is 9.89 Å². The van der Waals surface area contributed by atoms with Crippen molar-refractivity contribution in [1.82, 2.24) is 15.5 Å². The first-order chi connectivity index (χ1) is 13.5. The summed E-state index contributed by atoms with van der Waals surface area (Å²) in [6.07, 6.45) is 1.08. The van der Waals surface area contributed by atoms with E-state index in [1.807, 2.05) is 19.2 Å². The first-order valence-electron chi connectivity index (χ1n) is 10.2. The smallest absolute Gasteiger partial charge is 0.191 e. The van der Waals surface area contributed by atoms with Crippen molar-refractivity contribution in [3.05, 3.63) is 24.3 Å². The summed E-state index contributed by atoms with van der Waals surface area (Å²) >= 11 is 0. The molecule has 1 unspecified atom stereocenters. The number of ether oxygens (including phenoxy) is 2. The van der Waals surface area contributed by atoms with Crippen molar-refractivity contribution in [3.63, 3.8) is 0 Å². The molecule has 3 rings (SSSR count). The Morgan fingerprint density at radius 3 is 2.71 bits per heavy atom. The van der Waals surface area contributed by atoms with Crippen LogP contribution in [0.15, 0.2) is 29.3 Å². The van der Waals surface area contributed by atoms with E-state index < -0.39 is 0 Å². The van der Waals surface area contributed by atoms with Crippen LogP contribution in [0.5, 0.6) is 5.75 Å². The number of benzene rings is 1. The molecule has 2 fully saturated rings. The number of aliphatic imine (C=N–C) groups is 1. The van der Waals surface area contributed by atoms with Crippen LogP contribution in [0.3, 0.4) is 0 Å². The molecule has 1 aromatic rings. The van der Waals surface area contributed by atoms with Crippen LogP contribution in [0.25, 0.3) is 0 Å². The maximum atomic E-state index is 5.52. The third kappa shape index (κ3) is 5.08. The second kappa shape index (κ2) is 9.47. The number of hydrogen-bond acceptors (Lipinski definition) is 5. The predicted octanol–water partition coefficient (Wildman–Crippen LogP) is 1.55. The number of rotatable bonds is 6. The molecule has 28 heavy (non-hydrogen) atoms. The van der Waals surface area contributed by atoms with Gasteiger partial charge in [-0.15, -0.1) is 0 Å². The zero-order chi connectivity index (χ0) is 20.0. The van der Waals surface area contributed by atoms with Crippen molar-refractivity contribution >= 4 is 11.6 Å². The Morgan fingerprint density at radius 2 is 2.00 bits per heavy atom. The molecule has 2 saturated heterocycles. The normalized spacial score (nSPS) is 21.6. The highest BCUT2D eigenvalue weighted by Gasteiger charge is 2.29. The third-order valence-corrected chi connectivity index (χ3v) is 5.73. The maximum absolute atomic E-state index is 5.52. The molecule has 0 amide bonds. The fourth-order valence-electron chi connectivity index (χ4n) is 3.96. The Balaban J connectivity index is 1.51. The van der Waals surface area contributed by atoms with Crippen molar-refractivity contribution in [2.24, 2.45) is 4.99 Å². The zero-order valence-corrected chi connectivity index (χ0v) is 17.7. The lowest BCUT2D eigenvalue weighted by atomic mass is 10.0. The topological polar surface area (TPSA) is 61.4 Å². The summed E-state index contributed by atoms with van der Waals surface area (Å²) in [6, 6.07) is 8.58. The van der Waals surface area contributed by atoms with Crippen LogP contribution in [0.1, 0.15) is 20.3 Å². The van der Waals surface area contributed by atoms with Gasteiger partial charge in [0, 0.05) is 51.4 Å². The summed E-state index contributed by atoms with van der Waals surface area (Å²) < 4.78 is 11.0. The molecular formula is C21H35N5O2. The average molecular weight is 390 g/mol. The number of hydrogen-bond donors (Lipinski definition) is 2. The van der Waals surface area contributed by atoms with E-state index in [1.165, 1.54) is 0 Å². The summed E-state index contributed by atoms with van der Waals surface area (Å²) in [5, 5.41) is 7.12. The van der Waals surface area contributed by atoms with Gasteiger partial charge in [-0.05, 0) is 32.4 Å². The predicted molar refractivity (Wildman–Crippen MR) is 115 cm³/mol. The number of para-hydroxylation sites is 2. The molecule has 2 heterocycles. The van der Waals surface area contributed by atoms with Crippen molar-refractivity contribution in [2.45, 2.75) is 31.8 Å². The monoisotopic (exact) mass is 389 g/mol. The molecule has 2 aliphatic rings. The molecule has 2 aliphatic heterocycles. The SMILES string of the molecule is CN=C(NCC(C)(C)N1CCOCC1)NC1CCN(c2ccccc2OC)C1. The van der Waals surface area contributed by atoms with E-state index in [4.69, 9.17) is 9.47 Å². The van der Waals surface area contributed by atoms with Gasteiger partial charge >= 0.3 is 0 Å². The number of anilines is 1. The van der Waals surface area contributed by atoms with Gasteiger partial charge in [-0.1, -0.05) is 12.1 Å². The van der Waals surface area contributed by atoms with Crippen LogP contribution in [-0.2, 0) is 4.74 Å². The molecule has 1 atom stereocenters. The van der Waals surface area contributed by atoms with E-state index in [-0.39, 0.29) is 5.54 Å². The summed E-state index contributed by atoms with van der Waals surface area (Å²) in [6.45, 7) is 10.9. The van der Waals surface area contributed by atoms with Gasteiger partial charge in [0.1, 0.15) is 5.75 Å². The van der Waals surface area contributed by atoms with Gasteiger partial charge in [0.25, 0.3) is 0 Å². The van der Waals surface area contributed by atoms with E-state index in [2.05, 4.69) is 51.4 Å². The fraction of sp³-hybridized carbons (Fsp3) is 0.667. The zero-order valence-electron chi connectivity index (χ0n) is 17.7. The maximum Gasteiger partial charge on any atom is 0.191 e. The van der Waals surface area contributed by atoms with Crippen LogP contribution in [0, 0.1) is 0 Å². The first-order valence-corrected chi connectivity index (χ1v) is 10.2. The molecule has 0 aromatic heterocycles. The van der Waals surface area contributed by atoms with Crippen molar-refractivity contribution < 1.29 is 9.47 Å². The molecule has 0 aliphatic carbocycles. The highest BCUT2D eigenvalue weighted by molar-refractivity contribution is 5.80. The van der Waals surface area contributed by atoms with E-state index in [0.29, 0.717) is 6.04 Å². The summed E-state index contributed by atoms with van der Waals surface area (Å²) in [4.78, 5) is 9.30. The minimum atomic E-state index is 0.0561. The highest BCUT2D eigenvalue weighted by atomic mass is 16.5. The molecule has 7 heteroatoms. The third-order valence-electron chi connectivity index (χ3n) is 5.73. The second-order valence-corrected chi connectivity index (χ2v) is 8.09. The van der Waals surface area contributed by atoms with Crippen molar-refractivity contribution in [2.75, 3.05) is 65.0 Å². The lowest BCUT2D eigenvalue weighted by Gasteiger charge is -2.41. The van der Waals surface area contributed by atoms with Gasteiger partial charge in [-0.25, -0.2) is 0 Å². The number of morpholine rings is 1.